The van der Waals surface area contributed by atoms with Gasteiger partial charge in [-0.3, -0.25) is 0 Å². The van der Waals surface area contributed by atoms with Gasteiger partial charge in [0.05, 0.1) is 14.2 Å². The van der Waals surface area contributed by atoms with E-state index >= 15 is 0 Å². The Labute approximate surface area is 90.6 Å². The predicted molar refractivity (Wildman–Crippen MR) is 49.2 cm³/mol. The fourth-order valence-electron chi connectivity index (χ4n) is 0.0745. The van der Waals surface area contributed by atoms with Crippen molar-refractivity contribution in [2.75, 3.05) is 14.2 Å². The molecule has 0 rings (SSSR count). The van der Waals surface area contributed by atoms with Crippen molar-refractivity contribution in [1.82, 2.24) is 0 Å². The van der Waals surface area contributed by atoms with E-state index in [0.29, 0.717) is 0 Å². The smallest absolute Gasteiger partial charge is 0.870 e. The molecule has 3 N–H and O–H groups in total. The van der Waals surface area contributed by atoms with Crippen LogP contribution in [0.15, 0.2) is 0 Å². The van der Waals surface area contributed by atoms with Crippen molar-refractivity contribution in [2.24, 2.45) is 0 Å². The van der Waals surface area contributed by atoms with E-state index in [1.807, 2.05) is 0 Å². The third kappa shape index (κ3) is 68.9. The summed E-state index contributed by atoms with van der Waals surface area (Å²) in [6.45, 7) is 4.25. The predicted octanol–water partition coefficient (Wildman–Crippen LogP) is 1.44. The van der Waals surface area contributed by atoms with Gasteiger partial charge in [-0.05, 0) is 0 Å². The van der Waals surface area contributed by atoms with Crippen LogP contribution in [0.4, 0.5) is 0 Å². The quantitative estimate of drug-likeness (QED) is 0.522. The Kier molecular flexibility index (Phi) is 114. The molecule has 0 aliphatic carbocycles. The van der Waals surface area contributed by atoms with Gasteiger partial charge in [0.25, 0.3) is 0 Å². The molecule has 0 saturated heterocycles. The van der Waals surface area contributed by atoms with Crippen LogP contribution in [0.25, 0.3) is 0 Å². The molecule has 0 fully saturated rings. The molecule has 0 aliphatic heterocycles. The van der Waals surface area contributed by atoms with E-state index in [1.165, 1.54) is 20.6 Å². The first-order chi connectivity index (χ1) is 4.22. The van der Waals surface area contributed by atoms with Crippen LogP contribution in [-0.4, -0.2) is 48.0 Å². The third-order valence-electron chi connectivity index (χ3n) is 0.298. The second kappa shape index (κ2) is 39.3. The summed E-state index contributed by atoms with van der Waals surface area (Å²) in [6, 6.07) is 0. The Morgan fingerprint density at radius 2 is 1.15 bits per heavy atom. The van der Waals surface area contributed by atoms with Crippen molar-refractivity contribution in [2.45, 2.75) is 20.3 Å². The van der Waals surface area contributed by atoms with Crippen LogP contribution in [0.2, 0.25) is 0 Å². The van der Waals surface area contributed by atoms with E-state index in [0.717, 1.165) is 0 Å². The Morgan fingerprint density at radius 1 is 1.00 bits per heavy atom. The van der Waals surface area contributed by atoms with Gasteiger partial charge in [0.2, 0.25) is 0 Å². The SMILES string of the molecule is CCC.CO[P+](=O)OC.[Al+3].[OH-].[OH-].[OH-]. The van der Waals surface area contributed by atoms with Crippen molar-refractivity contribution in [3.63, 3.8) is 0 Å². The van der Waals surface area contributed by atoms with Gasteiger partial charge < -0.3 is 16.4 Å². The monoisotopic (exact) mass is 231 g/mol. The molecule has 13 heavy (non-hydrogen) atoms. The van der Waals surface area contributed by atoms with Gasteiger partial charge in [-0.1, -0.05) is 20.3 Å². The van der Waals surface area contributed by atoms with Crippen LogP contribution in [0.5, 0.6) is 0 Å². The van der Waals surface area contributed by atoms with Gasteiger partial charge >= 0.3 is 25.6 Å². The first-order valence-corrected chi connectivity index (χ1v) is 3.87. The van der Waals surface area contributed by atoms with Crippen molar-refractivity contribution in [3.8, 4) is 0 Å². The zero-order valence-corrected chi connectivity index (χ0v) is 10.3. The molecular formula is C5H17AlO6P+. The second-order valence-electron chi connectivity index (χ2n) is 1.30. The molecule has 0 radical (unpaired) electrons. The van der Waals surface area contributed by atoms with Crippen molar-refractivity contribution < 1.29 is 30.0 Å². The normalized spacial score (nSPS) is 5.23. The Hall–Kier alpha value is 0.432. The topological polar surface area (TPSA) is 126 Å². The molecule has 0 unspecified atom stereocenters. The van der Waals surface area contributed by atoms with E-state index in [9.17, 15) is 4.57 Å². The van der Waals surface area contributed by atoms with E-state index in [1.54, 1.807) is 0 Å². The Morgan fingerprint density at radius 3 is 1.15 bits per heavy atom. The maximum Gasteiger partial charge on any atom is 3.00 e. The molecule has 0 aromatic rings. The minimum atomic E-state index is -1.83. The summed E-state index contributed by atoms with van der Waals surface area (Å²) in [5.74, 6) is 0. The zero-order chi connectivity index (χ0) is 7.70. The fraction of sp³-hybridized carbons (Fsp3) is 1.00. The summed E-state index contributed by atoms with van der Waals surface area (Å²) in [6.07, 6.45) is 1.25. The maximum atomic E-state index is 9.88. The van der Waals surface area contributed by atoms with Crippen molar-refractivity contribution in [1.29, 1.82) is 0 Å². The molecule has 6 nitrogen and oxygen atoms in total. The average molecular weight is 231 g/mol. The summed E-state index contributed by atoms with van der Waals surface area (Å²) in [7, 11) is 0.817. The molecule has 0 aromatic carbocycles. The Balaban J connectivity index is -0.0000000160. The van der Waals surface area contributed by atoms with Crippen LogP contribution >= 0.6 is 8.25 Å². The van der Waals surface area contributed by atoms with Gasteiger partial charge in [-0.25, -0.2) is 0 Å². The average Bonchev–Trinajstić information content (AvgIpc) is 1.88. The van der Waals surface area contributed by atoms with Crippen LogP contribution in [0, 0.1) is 0 Å². The largest absolute Gasteiger partial charge is 3.00 e. The van der Waals surface area contributed by atoms with E-state index in [-0.39, 0.29) is 33.8 Å². The Bertz CT molecular complexity index is 68.0. The van der Waals surface area contributed by atoms with Gasteiger partial charge in [-0.2, -0.15) is 0 Å². The van der Waals surface area contributed by atoms with E-state index in [2.05, 4.69) is 22.9 Å². The standard InChI is InChI=1S/C3H8.C2H6O3P.Al.3H2O/c1-3-2;1-4-6(3)5-2;;;;/h3H2,1-2H3;1-2H3;;3*1H2/q;+1;+3;;;/p-3. The number of hydrogen-bond donors (Lipinski definition) is 0. The molecule has 0 heterocycles. The van der Waals surface area contributed by atoms with Crippen LogP contribution in [-0.2, 0) is 13.6 Å². The van der Waals surface area contributed by atoms with Crippen LogP contribution in [0.1, 0.15) is 20.3 Å². The third-order valence-corrected chi connectivity index (χ3v) is 0.894. The van der Waals surface area contributed by atoms with Crippen molar-refractivity contribution in [3.05, 3.63) is 0 Å². The van der Waals surface area contributed by atoms with Crippen molar-refractivity contribution >= 4 is 25.6 Å². The second-order valence-corrected chi connectivity index (χ2v) is 2.47. The molecule has 8 heteroatoms. The van der Waals surface area contributed by atoms with E-state index in [4.69, 9.17) is 0 Å². The molecule has 0 aliphatic rings. The minimum absolute atomic E-state index is 0. The van der Waals surface area contributed by atoms with Gasteiger partial charge in [0, 0.05) is 4.57 Å². The molecular weight excluding hydrogens is 214 g/mol. The summed E-state index contributed by atoms with van der Waals surface area (Å²) in [5.41, 5.74) is 0. The number of hydrogen-bond acceptors (Lipinski definition) is 6. The van der Waals surface area contributed by atoms with Gasteiger partial charge in [0.15, 0.2) is 0 Å². The summed E-state index contributed by atoms with van der Waals surface area (Å²) in [4.78, 5) is 0. The minimum Gasteiger partial charge on any atom is -0.870 e. The molecule has 0 saturated carbocycles. The maximum absolute atomic E-state index is 9.88. The summed E-state index contributed by atoms with van der Waals surface area (Å²) >= 11 is 0. The molecule has 80 valence electrons. The zero-order valence-electron chi connectivity index (χ0n) is 8.30. The van der Waals surface area contributed by atoms with Crippen LogP contribution < -0.4 is 0 Å². The molecule has 0 atom stereocenters. The van der Waals surface area contributed by atoms with Gasteiger partial charge in [0.1, 0.15) is 0 Å². The molecule has 0 amide bonds. The van der Waals surface area contributed by atoms with Crippen LogP contribution in [0.3, 0.4) is 0 Å². The van der Waals surface area contributed by atoms with E-state index < -0.39 is 8.25 Å². The fourth-order valence-corrected chi connectivity index (χ4v) is 0.224. The first kappa shape index (κ1) is 37.6. The number of rotatable bonds is 2. The van der Waals surface area contributed by atoms with Gasteiger partial charge in [-0.15, -0.1) is 9.05 Å². The molecule has 0 bridgehead atoms. The summed E-state index contributed by atoms with van der Waals surface area (Å²) in [5, 5.41) is 0. The molecule has 0 aromatic heterocycles. The molecule has 0 spiro atoms. The summed E-state index contributed by atoms with van der Waals surface area (Å²) < 4.78 is 18.3. The first-order valence-electron chi connectivity index (χ1n) is 2.78.